The van der Waals surface area contributed by atoms with Crippen LogP contribution in [0.3, 0.4) is 0 Å². The lowest BCUT2D eigenvalue weighted by Gasteiger charge is -2.11. The molecule has 1 heterocycles. The van der Waals surface area contributed by atoms with E-state index in [4.69, 9.17) is 0 Å². The zero-order valence-electron chi connectivity index (χ0n) is 10.6. The summed E-state index contributed by atoms with van der Waals surface area (Å²) in [5.41, 5.74) is 0.324. The third-order valence-electron chi connectivity index (χ3n) is 2.84. The molecule has 0 fully saturated rings. The molecule has 19 heavy (non-hydrogen) atoms. The molecule has 0 saturated heterocycles. The fraction of sp³-hybridized carbons (Fsp3) is 0.385. The van der Waals surface area contributed by atoms with Gasteiger partial charge in [-0.15, -0.1) is 0 Å². The number of aryl methyl sites for hydroxylation is 1. The summed E-state index contributed by atoms with van der Waals surface area (Å²) in [4.78, 5) is 4.06. The summed E-state index contributed by atoms with van der Waals surface area (Å²) in [6, 6.07) is 3.37. The number of benzene rings is 1. The second kappa shape index (κ2) is 5.88. The second-order valence-corrected chi connectivity index (χ2v) is 4.29. The van der Waals surface area contributed by atoms with Gasteiger partial charge in [-0.1, -0.05) is 13.0 Å². The largest absolute Gasteiger partial charge is 0.388 e. The van der Waals surface area contributed by atoms with Gasteiger partial charge in [0.05, 0.1) is 6.10 Å². The van der Waals surface area contributed by atoms with Crippen molar-refractivity contribution in [1.82, 2.24) is 14.8 Å². The van der Waals surface area contributed by atoms with E-state index in [2.05, 4.69) is 10.1 Å². The molecule has 6 heteroatoms. The van der Waals surface area contributed by atoms with Gasteiger partial charge >= 0.3 is 0 Å². The van der Waals surface area contributed by atoms with E-state index in [1.807, 2.05) is 6.92 Å². The molecule has 0 bridgehead atoms. The summed E-state index contributed by atoms with van der Waals surface area (Å²) in [7, 11) is 0. The Morgan fingerprint density at radius 2 is 2.11 bits per heavy atom. The second-order valence-electron chi connectivity index (χ2n) is 4.29. The van der Waals surface area contributed by atoms with Crippen LogP contribution in [0.1, 0.15) is 30.8 Å². The van der Waals surface area contributed by atoms with E-state index < -0.39 is 17.7 Å². The van der Waals surface area contributed by atoms with Gasteiger partial charge in [0, 0.05) is 13.0 Å². The van der Waals surface area contributed by atoms with E-state index in [9.17, 15) is 13.9 Å². The van der Waals surface area contributed by atoms with Gasteiger partial charge in [0.25, 0.3) is 0 Å². The fourth-order valence-corrected chi connectivity index (χ4v) is 1.86. The average molecular weight is 267 g/mol. The van der Waals surface area contributed by atoms with Crippen molar-refractivity contribution in [3.05, 3.63) is 47.5 Å². The topological polar surface area (TPSA) is 50.9 Å². The monoisotopic (exact) mass is 267 g/mol. The average Bonchev–Trinajstić information content (AvgIpc) is 2.80. The molecule has 1 aromatic heterocycles. The lowest BCUT2D eigenvalue weighted by molar-refractivity contribution is 0.173. The standard InChI is InChI=1S/C13H15F2N3O/c1-2-5-18-13(16-8-17-18)7-12(19)9-3-4-10(14)11(15)6-9/h3-4,6,8,12,19H,2,5,7H2,1H3. The van der Waals surface area contributed by atoms with Crippen LogP contribution < -0.4 is 0 Å². The van der Waals surface area contributed by atoms with Crippen LogP contribution in [0, 0.1) is 11.6 Å². The van der Waals surface area contributed by atoms with Crippen LogP contribution in [-0.2, 0) is 13.0 Å². The molecule has 1 N–H and O–H groups in total. The highest BCUT2D eigenvalue weighted by molar-refractivity contribution is 5.20. The quantitative estimate of drug-likeness (QED) is 0.904. The predicted octanol–water partition coefficient (Wildman–Crippen LogP) is 2.24. The van der Waals surface area contributed by atoms with Gasteiger partial charge < -0.3 is 5.11 Å². The van der Waals surface area contributed by atoms with Crippen molar-refractivity contribution in [2.24, 2.45) is 0 Å². The normalized spacial score (nSPS) is 12.6. The first-order valence-corrected chi connectivity index (χ1v) is 6.11. The van der Waals surface area contributed by atoms with Gasteiger partial charge in [-0.3, -0.25) is 4.68 Å². The van der Waals surface area contributed by atoms with Crippen molar-refractivity contribution >= 4 is 0 Å². The highest BCUT2D eigenvalue weighted by Gasteiger charge is 2.15. The van der Waals surface area contributed by atoms with Crippen LogP contribution >= 0.6 is 0 Å². The van der Waals surface area contributed by atoms with E-state index in [1.165, 1.54) is 12.4 Å². The Hall–Kier alpha value is -1.82. The van der Waals surface area contributed by atoms with Crippen molar-refractivity contribution in [3.63, 3.8) is 0 Å². The number of hydrogen-bond donors (Lipinski definition) is 1. The summed E-state index contributed by atoms with van der Waals surface area (Å²) in [5, 5.41) is 14.1. The molecule has 1 aromatic carbocycles. The first kappa shape index (κ1) is 13.6. The highest BCUT2D eigenvalue weighted by Crippen LogP contribution is 2.19. The first-order valence-electron chi connectivity index (χ1n) is 6.11. The first-order chi connectivity index (χ1) is 9.11. The lowest BCUT2D eigenvalue weighted by atomic mass is 10.1. The SMILES string of the molecule is CCCn1ncnc1CC(O)c1ccc(F)c(F)c1. The molecular formula is C13H15F2N3O. The van der Waals surface area contributed by atoms with Crippen LogP contribution in [-0.4, -0.2) is 19.9 Å². The maximum absolute atomic E-state index is 13.1. The predicted molar refractivity (Wildman–Crippen MR) is 65.3 cm³/mol. The Labute approximate surface area is 109 Å². The molecule has 2 aromatic rings. The third-order valence-corrected chi connectivity index (χ3v) is 2.84. The number of aromatic nitrogens is 3. The Morgan fingerprint density at radius 1 is 1.32 bits per heavy atom. The number of aliphatic hydroxyl groups excluding tert-OH is 1. The van der Waals surface area contributed by atoms with Crippen LogP contribution in [0.25, 0.3) is 0 Å². The smallest absolute Gasteiger partial charge is 0.159 e. The van der Waals surface area contributed by atoms with Gasteiger partial charge in [-0.25, -0.2) is 13.8 Å². The summed E-state index contributed by atoms with van der Waals surface area (Å²) in [5.74, 6) is -1.27. The van der Waals surface area contributed by atoms with Gasteiger partial charge in [-0.05, 0) is 24.1 Å². The molecule has 0 aliphatic rings. The van der Waals surface area contributed by atoms with Crippen molar-refractivity contribution in [2.75, 3.05) is 0 Å². The Morgan fingerprint density at radius 3 is 2.79 bits per heavy atom. The van der Waals surface area contributed by atoms with E-state index in [0.29, 0.717) is 17.9 Å². The molecule has 0 aliphatic heterocycles. The number of hydrogen-bond acceptors (Lipinski definition) is 3. The van der Waals surface area contributed by atoms with Crippen molar-refractivity contribution in [2.45, 2.75) is 32.4 Å². The Bertz CT molecular complexity index is 557. The zero-order chi connectivity index (χ0) is 13.8. The van der Waals surface area contributed by atoms with Crippen molar-refractivity contribution < 1.29 is 13.9 Å². The lowest BCUT2D eigenvalue weighted by Crippen LogP contribution is -2.10. The molecular weight excluding hydrogens is 252 g/mol. The molecule has 4 nitrogen and oxygen atoms in total. The van der Waals surface area contributed by atoms with E-state index in [-0.39, 0.29) is 6.42 Å². The summed E-state index contributed by atoms with van der Waals surface area (Å²) in [6.07, 6.45) is 1.60. The van der Waals surface area contributed by atoms with Crippen molar-refractivity contribution in [1.29, 1.82) is 0 Å². The molecule has 0 radical (unpaired) electrons. The third kappa shape index (κ3) is 3.14. The van der Waals surface area contributed by atoms with Gasteiger partial charge in [-0.2, -0.15) is 5.10 Å². The highest BCUT2D eigenvalue weighted by atomic mass is 19.2. The van der Waals surface area contributed by atoms with E-state index in [0.717, 1.165) is 18.6 Å². The molecule has 1 atom stereocenters. The molecule has 0 aliphatic carbocycles. The summed E-state index contributed by atoms with van der Waals surface area (Å²) < 4.78 is 27.6. The van der Waals surface area contributed by atoms with Gasteiger partial charge in [0.15, 0.2) is 11.6 Å². The van der Waals surface area contributed by atoms with Gasteiger partial charge in [0.1, 0.15) is 12.2 Å². The fourth-order valence-electron chi connectivity index (χ4n) is 1.86. The number of rotatable bonds is 5. The van der Waals surface area contributed by atoms with Crippen LogP contribution in [0.5, 0.6) is 0 Å². The number of nitrogens with zero attached hydrogens (tertiary/aromatic N) is 3. The minimum absolute atomic E-state index is 0.213. The Kier molecular flexibility index (Phi) is 4.21. The van der Waals surface area contributed by atoms with E-state index in [1.54, 1.807) is 4.68 Å². The molecule has 0 saturated carbocycles. The minimum Gasteiger partial charge on any atom is -0.388 e. The molecule has 0 spiro atoms. The van der Waals surface area contributed by atoms with Crippen LogP contribution in [0.4, 0.5) is 8.78 Å². The molecule has 2 rings (SSSR count). The Balaban J connectivity index is 2.13. The summed E-state index contributed by atoms with van der Waals surface area (Å²) in [6.45, 7) is 2.72. The maximum atomic E-state index is 13.1. The molecule has 102 valence electrons. The van der Waals surface area contributed by atoms with Crippen molar-refractivity contribution in [3.8, 4) is 0 Å². The van der Waals surface area contributed by atoms with E-state index >= 15 is 0 Å². The number of halogens is 2. The zero-order valence-corrected chi connectivity index (χ0v) is 10.6. The summed E-state index contributed by atoms with van der Waals surface area (Å²) >= 11 is 0. The molecule has 0 amide bonds. The number of aliphatic hydroxyl groups is 1. The van der Waals surface area contributed by atoms with Crippen LogP contribution in [0.15, 0.2) is 24.5 Å². The van der Waals surface area contributed by atoms with Gasteiger partial charge in [0.2, 0.25) is 0 Å². The maximum Gasteiger partial charge on any atom is 0.159 e. The van der Waals surface area contributed by atoms with Crippen LogP contribution in [0.2, 0.25) is 0 Å². The minimum atomic E-state index is -0.966. The molecule has 1 unspecified atom stereocenters.